The molecule has 0 aromatic heterocycles. The maximum Gasteiger partial charge on any atom is 0.320 e. The highest BCUT2D eigenvalue weighted by Gasteiger charge is 2.67. The molecule has 0 atom stereocenters. The molecule has 17 nitrogen and oxygen atoms in total. The summed E-state index contributed by atoms with van der Waals surface area (Å²) in [5.74, 6) is 0. The van der Waals surface area contributed by atoms with Gasteiger partial charge in [0.1, 0.15) is 0 Å². The summed E-state index contributed by atoms with van der Waals surface area (Å²) >= 11 is 0. The summed E-state index contributed by atoms with van der Waals surface area (Å²) < 4.78 is 0. The molecule has 0 bridgehead atoms. The van der Waals surface area contributed by atoms with Gasteiger partial charge < -0.3 is 0 Å². The third kappa shape index (κ3) is 1.68. The highest BCUT2D eigenvalue weighted by molar-refractivity contribution is 4.70. The Morgan fingerprint density at radius 3 is 1.30 bits per heavy atom. The van der Waals surface area contributed by atoms with Crippen molar-refractivity contribution in [1.29, 1.82) is 0 Å². The van der Waals surface area contributed by atoms with E-state index < -0.39 is 39.8 Å². The zero-order valence-electron chi connectivity index (χ0n) is 9.28. The van der Waals surface area contributed by atoms with Gasteiger partial charge in [0.15, 0.2) is 20.1 Å². The summed E-state index contributed by atoms with van der Waals surface area (Å²) in [6, 6.07) is 0. The van der Waals surface area contributed by atoms with Crippen molar-refractivity contribution in [3.8, 4) is 0 Å². The van der Waals surface area contributed by atoms with Crippen LogP contribution >= 0.6 is 0 Å². The van der Waals surface area contributed by atoms with Gasteiger partial charge in [0.2, 0.25) is 13.3 Å². The first-order valence-electron chi connectivity index (χ1n) is 4.70. The summed E-state index contributed by atoms with van der Waals surface area (Å²) in [4.78, 5) is 43.1. The molecule has 0 radical (unpaired) electrons. The Bertz CT molecular complexity index is 410. The molecule has 0 N–H and O–H groups in total. The zero-order valence-corrected chi connectivity index (χ0v) is 9.28. The lowest BCUT2D eigenvalue weighted by atomic mass is 10.8. The average Bonchev–Trinajstić information content (AvgIpc) is 2.83. The molecule has 0 aromatic carbocycles. The van der Waals surface area contributed by atoms with Crippen LogP contribution < -0.4 is 0 Å². The van der Waals surface area contributed by atoms with Gasteiger partial charge in [-0.1, -0.05) is 10.0 Å². The molecule has 110 valence electrons. The van der Waals surface area contributed by atoms with E-state index in [4.69, 9.17) is 0 Å². The minimum absolute atomic E-state index is 0.0414. The van der Waals surface area contributed by atoms with Crippen LogP contribution in [0.5, 0.6) is 0 Å². The monoisotopic (exact) mass is 295 g/mol. The molecule has 0 aromatic rings. The third-order valence-electron chi connectivity index (χ3n) is 2.55. The highest BCUT2D eigenvalue weighted by atomic mass is 16.7. The van der Waals surface area contributed by atoms with Crippen molar-refractivity contribution in [3.05, 3.63) is 40.5 Å². The fourth-order valence-corrected chi connectivity index (χ4v) is 1.81. The molecular formula is C3H5N9O8. The van der Waals surface area contributed by atoms with Gasteiger partial charge >= 0.3 is 6.29 Å². The molecule has 2 aliphatic heterocycles. The first kappa shape index (κ1) is 13.2. The van der Waals surface area contributed by atoms with Crippen LogP contribution in [-0.2, 0) is 0 Å². The van der Waals surface area contributed by atoms with E-state index in [0.717, 1.165) is 0 Å². The van der Waals surface area contributed by atoms with E-state index >= 15 is 0 Å². The Balaban J connectivity index is 2.45. The molecule has 20 heavy (non-hydrogen) atoms. The normalized spacial score (nSPS) is 19.4. The fraction of sp³-hybridized carbons (Fsp3) is 1.00. The summed E-state index contributed by atoms with van der Waals surface area (Å²) in [5, 5.41) is 39.1. The van der Waals surface area contributed by atoms with Crippen molar-refractivity contribution >= 4 is 0 Å². The Morgan fingerprint density at radius 2 is 1.05 bits per heavy atom. The number of nitro groups is 4. The summed E-state index contributed by atoms with van der Waals surface area (Å²) in [7, 11) is 0. The van der Waals surface area contributed by atoms with Crippen LogP contribution in [0.4, 0.5) is 0 Å². The lowest BCUT2D eigenvalue weighted by Crippen LogP contribution is -2.53. The zero-order chi connectivity index (χ0) is 15.2. The minimum Gasteiger partial charge on any atom is -0.234 e. The molecule has 2 saturated heterocycles. The Labute approximate surface area is 107 Å². The predicted octanol–water partition coefficient (Wildman–Crippen LogP) is -2.68. The van der Waals surface area contributed by atoms with E-state index in [1.165, 1.54) is 0 Å². The van der Waals surface area contributed by atoms with E-state index in [9.17, 15) is 40.5 Å². The molecular weight excluding hydrogens is 290 g/mol. The average molecular weight is 295 g/mol. The Hall–Kier alpha value is -3.24. The van der Waals surface area contributed by atoms with Crippen LogP contribution in [0, 0.1) is 40.5 Å². The Kier molecular flexibility index (Phi) is 2.74. The molecule has 0 amide bonds. The first-order valence-corrected chi connectivity index (χ1v) is 4.70. The molecule has 2 rings (SSSR count). The molecule has 0 saturated carbocycles. The topological polar surface area (TPSA) is 189 Å². The number of fused-ring (bicyclic) bond motifs is 1. The molecule has 0 aliphatic carbocycles. The number of hydrogen-bond acceptors (Lipinski definition) is 9. The van der Waals surface area contributed by atoms with Crippen molar-refractivity contribution in [1.82, 2.24) is 25.4 Å². The maximum absolute atomic E-state index is 10.8. The van der Waals surface area contributed by atoms with Crippen molar-refractivity contribution in [2.24, 2.45) is 0 Å². The molecule has 0 spiro atoms. The van der Waals surface area contributed by atoms with Crippen LogP contribution in [0.15, 0.2) is 0 Å². The number of hydrazine groups is 6. The van der Waals surface area contributed by atoms with Gasteiger partial charge in [-0.2, -0.15) is 0 Å². The van der Waals surface area contributed by atoms with Gasteiger partial charge in [-0.25, -0.2) is 40.5 Å². The lowest BCUT2D eigenvalue weighted by Gasteiger charge is -2.17. The molecule has 17 heteroatoms. The number of nitrogens with zero attached hydrogens (tertiary/aromatic N) is 9. The predicted molar refractivity (Wildman–Crippen MR) is 50.7 cm³/mol. The molecule has 2 aliphatic rings. The maximum atomic E-state index is 10.8. The molecule has 2 heterocycles. The standard InChI is InChI=1S/C3H5N9O8/c13-9(14)4-1-6(11(17)18)8-3(4)5(10(15)16)2-7(8)12(19)20/h3H,1-2H2. The number of hydrogen-bond donors (Lipinski definition) is 0. The van der Waals surface area contributed by atoms with Crippen LogP contribution in [0.1, 0.15) is 0 Å². The van der Waals surface area contributed by atoms with Gasteiger partial charge in [0.25, 0.3) is 0 Å². The third-order valence-corrected chi connectivity index (χ3v) is 2.55. The van der Waals surface area contributed by atoms with Gasteiger partial charge in [-0.15, -0.1) is 0 Å². The van der Waals surface area contributed by atoms with Crippen LogP contribution in [0.3, 0.4) is 0 Å². The van der Waals surface area contributed by atoms with Crippen molar-refractivity contribution in [3.63, 3.8) is 0 Å². The van der Waals surface area contributed by atoms with Crippen LogP contribution in [0.2, 0.25) is 0 Å². The van der Waals surface area contributed by atoms with E-state index in [1.807, 2.05) is 0 Å². The SMILES string of the molecule is O=[N+]([O-])N1CN([N+](=O)[O-])N2C1N([N+](=O)[O-])CN2[N+](=O)[O-]. The first-order chi connectivity index (χ1) is 9.25. The van der Waals surface area contributed by atoms with Crippen molar-refractivity contribution in [2.45, 2.75) is 6.29 Å². The summed E-state index contributed by atoms with van der Waals surface area (Å²) in [6.45, 7) is -1.97. The van der Waals surface area contributed by atoms with Crippen LogP contribution in [0.25, 0.3) is 0 Å². The second kappa shape index (κ2) is 4.15. The second-order valence-corrected chi connectivity index (χ2v) is 3.52. The number of rotatable bonds is 4. The Morgan fingerprint density at radius 1 is 0.700 bits per heavy atom. The van der Waals surface area contributed by atoms with Crippen LogP contribution in [-0.4, -0.2) is 65.1 Å². The van der Waals surface area contributed by atoms with Crippen molar-refractivity contribution in [2.75, 3.05) is 13.3 Å². The second-order valence-electron chi connectivity index (χ2n) is 3.52. The quantitative estimate of drug-likeness (QED) is 0.385. The largest absolute Gasteiger partial charge is 0.320 e. The van der Waals surface area contributed by atoms with Gasteiger partial charge in [0, 0.05) is 15.4 Å². The highest BCUT2D eigenvalue weighted by Crippen LogP contribution is 2.30. The van der Waals surface area contributed by atoms with E-state index in [1.54, 1.807) is 0 Å². The van der Waals surface area contributed by atoms with E-state index in [-0.39, 0.29) is 25.4 Å². The van der Waals surface area contributed by atoms with Gasteiger partial charge in [-0.05, 0) is 0 Å². The summed E-state index contributed by atoms with van der Waals surface area (Å²) in [5.41, 5.74) is 0. The van der Waals surface area contributed by atoms with Gasteiger partial charge in [0.05, 0.1) is 0 Å². The summed E-state index contributed by atoms with van der Waals surface area (Å²) in [6.07, 6.45) is -1.91. The smallest absolute Gasteiger partial charge is 0.234 e. The van der Waals surface area contributed by atoms with E-state index in [0.29, 0.717) is 0 Å². The lowest BCUT2D eigenvalue weighted by molar-refractivity contribution is -0.779. The van der Waals surface area contributed by atoms with Crippen molar-refractivity contribution < 1.29 is 20.1 Å². The van der Waals surface area contributed by atoms with E-state index in [2.05, 4.69) is 0 Å². The minimum atomic E-state index is -1.91. The van der Waals surface area contributed by atoms with Gasteiger partial charge in [-0.3, -0.25) is 0 Å². The molecule has 2 fully saturated rings. The fourth-order valence-electron chi connectivity index (χ4n) is 1.81. The molecule has 0 unspecified atom stereocenters.